The van der Waals surface area contributed by atoms with E-state index in [1.54, 1.807) is 0 Å². The highest BCUT2D eigenvalue weighted by atomic mass is 14.4. The normalized spacial score (nSPS) is 12.8. The molecule has 0 heterocycles. The smallest absolute Gasteiger partial charge is 0.0251 e. The maximum Gasteiger partial charge on any atom is -0.0251 e. The fourth-order valence-corrected chi connectivity index (χ4v) is 3.12. The van der Waals surface area contributed by atoms with Crippen molar-refractivity contribution < 1.29 is 0 Å². The molecular formula is C15H32. The van der Waals surface area contributed by atoms with Crippen LogP contribution in [0.25, 0.3) is 0 Å². The van der Waals surface area contributed by atoms with E-state index < -0.39 is 0 Å². The lowest BCUT2D eigenvalue weighted by molar-refractivity contribution is 0.0805. The van der Waals surface area contributed by atoms with Crippen LogP contribution < -0.4 is 0 Å². The van der Waals surface area contributed by atoms with E-state index >= 15 is 0 Å². The predicted molar refractivity (Wildman–Crippen MR) is 71.2 cm³/mol. The fraction of sp³-hybridized carbons (Fsp3) is 1.00. The summed E-state index contributed by atoms with van der Waals surface area (Å²) in [4.78, 5) is 0. The third-order valence-corrected chi connectivity index (χ3v) is 4.26. The second kappa shape index (κ2) is 7.30. The molecule has 0 aliphatic heterocycles. The standard InChI is InChI=1S/C15H32/c1-7-9-10-12-15(11-8-2,13(3)4)14(5)6/h13-14H,7-12H2,1-6H3. The molecule has 0 saturated carbocycles. The summed E-state index contributed by atoms with van der Waals surface area (Å²) in [6, 6.07) is 0. The van der Waals surface area contributed by atoms with Gasteiger partial charge in [-0.15, -0.1) is 0 Å². The summed E-state index contributed by atoms with van der Waals surface area (Å²) in [7, 11) is 0. The summed E-state index contributed by atoms with van der Waals surface area (Å²) in [5.41, 5.74) is 0.601. The molecule has 0 aromatic rings. The highest BCUT2D eigenvalue weighted by Crippen LogP contribution is 2.44. The maximum atomic E-state index is 2.42. The topological polar surface area (TPSA) is 0 Å². The molecule has 0 atom stereocenters. The molecule has 0 heteroatoms. The molecule has 0 spiro atoms. The van der Waals surface area contributed by atoms with Gasteiger partial charge in [-0.05, 0) is 30.1 Å². The molecule has 0 rings (SSSR count). The lowest BCUT2D eigenvalue weighted by Gasteiger charge is -2.42. The average Bonchev–Trinajstić information content (AvgIpc) is 2.15. The largest absolute Gasteiger partial charge is 0.0654 e. The molecule has 15 heavy (non-hydrogen) atoms. The van der Waals surface area contributed by atoms with Gasteiger partial charge in [-0.2, -0.15) is 0 Å². The van der Waals surface area contributed by atoms with Gasteiger partial charge in [-0.3, -0.25) is 0 Å². The van der Waals surface area contributed by atoms with Crippen molar-refractivity contribution in [2.24, 2.45) is 17.3 Å². The van der Waals surface area contributed by atoms with Gasteiger partial charge in [0.15, 0.2) is 0 Å². The highest BCUT2D eigenvalue weighted by molar-refractivity contribution is 4.85. The zero-order chi connectivity index (χ0) is 11.9. The SMILES string of the molecule is CCCCCC(CCC)(C(C)C)C(C)C. The van der Waals surface area contributed by atoms with Crippen LogP contribution in [-0.4, -0.2) is 0 Å². The lowest BCUT2D eigenvalue weighted by Crippen LogP contribution is -2.33. The second-order valence-electron chi connectivity index (χ2n) is 5.75. The van der Waals surface area contributed by atoms with Crippen molar-refractivity contribution in [2.75, 3.05) is 0 Å². The van der Waals surface area contributed by atoms with E-state index in [2.05, 4.69) is 41.5 Å². The Hall–Kier alpha value is 0. The summed E-state index contributed by atoms with van der Waals surface area (Å²) in [5, 5.41) is 0. The van der Waals surface area contributed by atoms with Crippen LogP contribution in [0.1, 0.15) is 80.1 Å². The average molecular weight is 212 g/mol. The van der Waals surface area contributed by atoms with E-state index in [1.165, 1.54) is 38.5 Å². The molecular weight excluding hydrogens is 180 g/mol. The molecule has 92 valence electrons. The van der Waals surface area contributed by atoms with Crippen LogP contribution in [0, 0.1) is 17.3 Å². The minimum Gasteiger partial charge on any atom is -0.0654 e. The monoisotopic (exact) mass is 212 g/mol. The van der Waals surface area contributed by atoms with Gasteiger partial charge >= 0.3 is 0 Å². The minimum atomic E-state index is 0.601. The van der Waals surface area contributed by atoms with E-state index in [1.807, 2.05) is 0 Å². The van der Waals surface area contributed by atoms with Crippen molar-refractivity contribution in [1.82, 2.24) is 0 Å². The Kier molecular flexibility index (Phi) is 7.30. The van der Waals surface area contributed by atoms with Gasteiger partial charge in [0.2, 0.25) is 0 Å². The predicted octanol–water partition coefficient (Wildman–Crippen LogP) is 5.67. The summed E-state index contributed by atoms with van der Waals surface area (Å²) in [6.07, 6.45) is 8.36. The molecule has 0 amide bonds. The molecule has 0 fully saturated rings. The van der Waals surface area contributed by atoms with E-state index in [0.717, 1.165) is 11.8 Å². The van der Waals surface area contributed by atoms with Crippen LogP contribution in [0.5, 0.6) is 0 Å². The Morgan fingerprint density at radius 1 is 0.733 bits per heavy atom. The van der Waals surface area contributed by atoms with Crippen molar-refractivity contribution in [2.45, 2.75) is 80.1 Å². The fourth-order valence-electron chi connectivity index (χ4n) is 3.12. The van der Waals surface area contributed by atoms with Gasteiger partial charge in [0.1, 0.15) is 0 Å². The Balaban J connectivity index is 4.48. The Morgan fingerprint density at radius 2 is 1.27 bits per heavy atom. The number of rotatable bonds is 8. The van der Waals surface area contributed by atoms with Gasteiger partial charge in [-0.1, -0.05) is 67.2 Å². The van der Waals surface area contributed by atoms with Crippen LogP contribution in [0.4, 0.5) is 0 Å². The van der Waals surface area contributed by atoms with Crippen molar-refractivity contribution in [1.29, 1.82) is 0 Å². The van der Waals surface area contributed by atoms with E-state index in [0.29, 0.717) is 5.41 Å². The molecule has 0 aliphatic rings. The van der Waals surface area contributed by atoms with Gasteiger partial charge in [0.05, 0.1) is 0 Å². The second-order valence-corrected chi connectivity index (χ2v) is 5.75. The maximum absolute atomic E-state index is 2.42. The molecule has 0 saturated heterocycles. The van der Waals surface area contributed by atoms with E-state index in [9.17, 15) is 0 Å². The first-order valence-electron chi connectivity index (χ1n) is 7.01. The number of hydrogen-bond acceptors (Lipinski definition) is 0. The van der Waals surface area contributed by atoms with Crippen molar-refractivity contribution in [3.8, 4) is 0 Å². The van der Waals surface area contributed by atoms with Gasteiger partial charge < -0.3 is 0 Å². The van der Waals surface area contributed by atoms with Crippen molar-refractivity contribution in [3.05, 3.63) is 0 Å². The first-order chi connectivity index (χ1) is 7.01. The number of unbranched alkanes of at least 4 members (excludes halogenated alkanes) is 2. The van der Waals surface area contributed by atoms with E-state index in [-0.39, 0.29) is 0 Å². The molecule has 0 aromatic heterocycles. The first-order valence-corrected chi connectivity index (χ1v) is 7.01. The van der Waals surface area contributed by atoms with Gasteiger partial charge in [0.25, 0.3) is 0 Å². The molecule has 0 aromatic carbocycles. The Morgan fingerprint density at radius 3 is 1.60 bits per heavy atom. The summed E-state index contributed by atoms with van der Waals surface area (Å²) in [5.74, 6) is 1.66. The van der Waals surface area contributed by atoms with Crippen LogP contribution >= 0.6 is 0 Å². The molecule has 0 radical (unpaired) electrons. The Labute approximate surface area is 97.8 Å². The highest BCUT2D eigenvalue weighted by Gasteiger charge is 2.35. The zero-order valence-corrected chi connectivity index (χ0v) is 11.9. The molecule has 0 nitrogen and oxygen atoms in total. The van der Waals surface area contributed by atoms with Crippen LogP contribution in [0.2, 0.25) is 0 Å². The van der Waals surface area contributed by atoms with Crippen LogP contribution in [0.3, 0.4) is 0 Å². The summed E-state index contributed by atoms with van der Waals surface area (Å²) in [6.45, 7) is 14.3. The summed E-state index contributed by atoms with van der Waals surface area (Å²) < 4.78 is 0. The molecule has 0 aliphatic carbocycles. The first kappa shape index (κ1) is 15.0. The van der Waals surface area contributed by atoms with Crippen molar-refractivity contribution >= 4 is 0 Å². The number of hydrogen-bond donors (Lipinski definition) is 0. The summed E-state index contributed by atoms with van der Waals surface area (Å²) >= 11 is 0. The van der Waals surface area contributed by atoms with Gasteiger partial charge in [-0.25, -0.2) is 0 Å². The van der Waals surface area contributed by atoms with Crippen molar-refractivity contribution in [3.63, 3.8) is 0 Å². The molecule has 0 bridgehead atoms. The van der Waals surface area contributed by atoms with Gasteiger partial charge in [0, 0.05) is 0 Å². The van der Waals surface area contributed by atoms with Crippen LogP contribution in [-0.2, 0) is 0 Å². The Bertz CT molecular complexity index is 136. The minimum absolute atomic E-state index is 0.601. The third kappa shape index (κ3) is 4.17. The zero-order valence-electron chi connectivity index (χ0n) is 11.9. The quantitative estimate of drug-likeness (QED) is 0.455. The third-order valence-electron chi connectivity index (χ3n) is 4.26. The van der Waals surface area contributed by atoms with E-state index in [4.69, 9.17) is 0 Å². The molecule has 0 unspecified atom stereocenters. The van der Waals surface area contributed by atoms with Crippen LogP contribution in [0.15, 0.2) is 0 Å². The lowest BCUT2D eigenvalue weighted by atomic mass is 9.63. The molecule has 0 N–H and O–H groups in total.